The van der Waals surface area contributed by atoms with Crippen LogP contribution < -0.4 is 4.74 Å². The third-order valence-corrected chi connectivity index (χ3v) is 8.01. The van der Waals surface area contributed by atoms with E-state index in [1.165, 1.54) is 108 Å². The molecular weight excluding hydrogens is 416 g/mol. The number of hydrogen-bond acceptors (Lipinski definition) is 3. The summed E-state index contributed by atoms with van der Waals surface area (Å²) in [5, 5.41) is 0. The largest absolute Gasteiger partial charge is 0.493 e. The molecule has 0 bridgehead atoms. The third-order valence-electron chi connectivity index (χ3n) is 8.01. The molecule has 0 saturated heterocycles. The molecule has 0 aromatic heterocycles. The second-order valence-corrected chi connectivity index (χ2v) is 10.8. The molecule has 1 aliphatic heterocycles. The van der Waals surface area contributed by atoms with Crippen molar-refractivity contribution in [3.8, 4) is 5.75 Å². The topological polar surface area (TPSA) is 34.0 Å². The van der Waals surface area contributed by atoms with Crippen molar-refractivity contribution in [2.75, 3.05) is 6.61 Å². The van der Waals surface area contributed by atoms with Gasteiger partial charge in [0.05, 0.1) is 6.61 Å². The molecule has 0 unspecified atom stereocenters. The van der Waals surface area contributed by atoms with Gasteiger partial charge in [-0.3, -0.25) is 9.98 Å². The van der Waals surface area contributed by atoms with Crippen LogP contribution in [0.1, 0.15) is 129 Å². The molecule has 1 saturated carbocycles. The van der Waals surface area contributed by atoms with Crippen molar-refractivity contribution in [1.29, 1.82) is 0 Å². The Morgan fingerprint density at radius 1 is 0.706 bits per heavy atom. The summed E-state index contributed by atoms with van der Waals surface area (Å²) in [5.74, 6) is 2.67. The molecule has 1 fully saturated rings. The predicted molar refractivity (Wildman–Crippen MR) is 147 cm³/mol. The standard InChI is InChI=1S/C31H50N2O/c1-3-5-7-9-10-12-14-27-15-17-28(18-16-27)26-34-30-21-19-29(20-22-30)31(32-24-25-33-31)23-13-11-8-6-4-2/h19-22,24-25,27-28H,3-18,23,26H2,1-2H3. The lowest BCUT2D eigenvalue weighted by Crippen LogP contribution is -2.20. The Hall–Kier alpha value is -1.64. The smallest absolute Gasteiger partial charge is 0.175 e. The molecule has 1 aliphatic carbocycles. The lowest BCUT2D eigenvalue weighted by Gasteiger charge is -2.28. The van der Waals surface area contributed by atoms with Gasteiger partial charge in [-0.25, -0.2) is 0 Å². The van der Waals surface area contributed by atoms with Crippen LogP contribution in [0.4, 0.5) is 0 Å². The molecule has 3 nitrogen and oxygen atoms in total. The Morgan fingerprint density at radius 2 is 1.26 bits per heavy atom. The Balaban J connectivity index is 1.35. The van der Waals surface area contributed by atoms with E-state index in [2.05, 4.69) is 38.1 Å². The van der Waals surface area contributed by atoms with Crippen molar-refractivity contribution in [1.82, 2.24) is 0 Å². The van der Waals surface area contributed by atoms with Gasteiger partial charge in [-0.2, -0.15) is 0 Å². The molecule has 3 rings (SSSR count). The Morgan fingerprint density at radius 3 is 1.91 bits per heavy atom. The molecule has 0 N–H and O–H groups in total. The highest BCUT2D eigenvalue weighted by Crippen LogP contribution is 2.36. The Labute approximate surface area is 209 Å². The average molecular weight is 467 g/mol. The van der Waals surface area contributed by atoms with E-state index in [-0.39, 0.29) is 0 Å². The van der Waals surface area contributed by atoms with Crippen molar-refractivity contribution in [2.45, 2.75) is 129 Å². The van der Waals surface area contributed by atoms with E-state index in [0.29, 0.717) is 0 Å². The SMILES string of the molecule is CCCCCCCCC1CCC(COc2ccc(C3(CCCCCCC)N=CC=N3)cc2)CC1. The van der Waals surface area contributed by atoms with Crippen molar-refractivity contribution in [2.24, 2.45) is 21.8 Å². The first-order valence-corrected chi connectivity index (χ1v) is 14.6. The van der Waals surface area contributed by atoms with Gasteiger partial charge in [0.25, 0.3) is 0 Å². The van der Waals surface area contributed by atoms with E-state index in [1.807, 2.05) is 12.4 Å². The molecule has 34 heavy (non-hydrogen) atoms. The maximum Gasteiger partial charge on any atom is 0.175 e. The average Bonchev–Trinajstić information content (AvgIpc) is 3.36. The lowest BCUT2D eigenvalue weighted by atomic mass is 9.80. The fourth-order valence-corrected chi connectivity index (χ4v) is 5.68. The zero-order valence-electron chi connectivity index (χ0n) is 22.1. The number of benzene rings is 1. The molecule has 0 spiro atoms. The third kappa shape index (κ3) is 8.86. The molecular formula is C31H50N2O. The molecule has 1 heterocycles. The monoisotopic (exact) mass is 466 g/mol. The van der Waals surface area contributed by atoms with Crippen LogP contribution in [0.15, 0.2) is 34.3 Å². The van der Waals surface area contributed by atoms with Crippen LogP contribution in [0.2, 0.25) is 0 Å². The normalized spacial score (nSPS) is 21.2. The van der Waals surface area contributed by atoms with Crippen LogP contribution in [-0.4, -0.2) is 19.0 Å². The highest BCUT2D eigenvalue weighted by atomic mass is 16.5. The van der Waals surface area contributed by atoms with Gasteiger partial charge in [0.2, 0.25) is 0 Å². The molecule has 2 aliphatic rings. The first-order valence-electron chi connectivity index (χ1n) is 14.6. The zero-order chi connectivity index (χ0) is 23.9. The number of rotatable bonds is 17. The predicted octanol–water partition coefficient (Wildman–Crippen LogP) is 9.29. The van der Waals surface area contributed by atoms with Crippen molar-refractivity contribution in [3.63, 3.8) is 0 Å². The summed E-state index contributed by atoms with van der Waals surface area (Å²) in [6.07, 6.45) is 26.5. The van der Waals surface area contributed by atoms with Crippen LogP contribution in [-0.2, 0) is 5.66 Å². The van der Waals surface area contributed by atoms with Crippen LogP contribution >= 0.6 is 0 Å². The fraction of sp³-hybridized carbons (Fsp3) is 0.742. The second kappa shape index (κ2) is 15.4. The first-order chi connectivity index (χ1) is 16.8. The van der Waals surface area contributed by atoms with E-state index in [4.69, 9.17) is 14.7 Å². The van der Waals surface area contributed by atoms with Gasteiger partial charge in [0.1, 0.15) is 5.75 Å². The van der Waals surface area contributed by atoms with Crippen molar-refractivity contribution < 1.29 is 4.74 Å². The first kappa shape index (κ1) is 27.0. The molecule has 0 amide bonds. The van der Waals surface area contributed by atoms with E-state index in [1.54, 1.807) is 0 Å². The van der Waals surface area contributed by atoms with Gasteiger partial charge >= 0.3 is 0 Å². The van der Waals surface area contributed by atoms with Gasteiger partial charge in [-0.1, -0.05) is 109 Å². The van der Waals surface area contributed by atoms with Gasteiger partial charge in [-0.05, 0) is 49.7 Å². The quantitative estimate of drug-likeness (QED) is 0.211. The summed E-state index contributed by atoms with van der Waals surface area (Å²) in [5.41, 5.74) is 0.787. The van der Waals surface area contributed by atoms with Crippen LogP contribution in [0.25, 0.3) is 0 Å². The highest BCUT2D eigenvalue weighted by molar-refractivity contribution is 6.17. The minimum atomic E-state index is -0.404. The minimum absolute atomic E-state index is 0.404. The van der Waals surface area contributed by atoms with Gasteiger partial charge in [0, 0.05) is 18.0 Å². The van der Waals surface area contributed by atoms with Crippen LogP contribution in [0.5, 0.6) is 5.75 Å². The molecule has 0 atom stereocenters. The van der Waals surface area contributed by atoms with Crippen LogP contribution in [0, 0.1) is 11.8 Å². The summed E-state index contributed by atoms with van der Waals surface area (Å²) in [6, 6.07) is 8.61. The van der Waals surface area contributed by atoms with Crippen LogP contribution in [0.3, 0.4) is 0 Å². The van der Waals surface area contributed by atoms with Gasteiger partial charge in [-0.15, -0.1) is 0 Å². The van der Waals surface area contributed by atoms with E-state index in [0.717, 1.165) is 30.6 Å². The number of aliphatic imine (C=N–C) groups is 2. The number of nitrogens with zero attached hydrogens (tertiary/aromatic N) is 2. The summed E-state index contributed by atoms with van der Waals surface area (Å²) < 4.78 is 6.22. The fourth-order valence-electron chi connectivity index (χ4n) is 5.68. The van der Waals surface area contributed by atoms with Gasteiger partial charge in [0.15, 0.2) is 5.66 Å². The molecule has 3 heteroatoms. The summed E-state index contributed by atoms with van der Waals surface area (Å²) in [7, 11) is 0. The summed E-state index contributed by atoms with van der Waals surface area (Å²) in [6.45, 7) is 5.42. The summed E-state index contributed by atoms with van der Waals surface area (Å²) in [4.78, 5) is 9.53. The number of hydrogen-bond donors (Lipinski definition) is 0. The van der Waals surface area contributed by atoms with Gasteiger partial charge < -0.3 is 4.74 Å². The second-order valence-electron chi connectivity index (χ2n) is 10.8. The molecule has 190 valence electrons. The maximum absolute atomic E-state index is 6.22. The van der Waals surface area contributed by atoms with E-state index in [9.17, 15) is 0 Å². The van der Waals surface area contributed by atoms with Crippen molar-refractivity contribution >= 4 is 12.4 Å². The number of ether oxygens (including phenoxy) is 1. The van der Waals surface area contributed by atoms with E-state index >= 15 is 0 Å². The van der Waals surface area contributed by atoms with Crippen molar-refractivity contribution in [3.05, 3.63) is 29.8 Å². The summed E-state index contributed by atoms with van der Waals surface area (Å²) >= 11 is 0. The molecule has 1 aromatic carbocycles. The lowest BCUT2D eigenvalue weighted by molar-refractivity contribution is 0.177. The minimum Gasteiger partial charge on any atom is -0.493 e. The number of unbranched alkanes of at least 4 members (excludes halogenated alkanes) is 9. The maximum atomic E-state index is 6.22. The highest BCUT2D eigenvalue weighted by Gasteiger charge is 2.31. The molecule has 0 radical (unpaired) electrons. The Kier molecular flexibility index (Phi) is 12.2. The Bertz CT molecular complexity index is 703. The zero-order valence-corrected chi connectivity index (χ0v) is 22.1. The van der Waals surface area contributed by atoms with E-state index < -0.39 is 5.66 Å². The molecule has 1 aromatic rings.